The van der Waals surface area contributed by atoms with Crippen LogP contribution in [0.1, 0.15) is 188 Å². The maximum atomic E-state index is 13.1. The number of nitrogens with one attached hydrogen (secondary N) is 1. The van der Waals surface area contributed by atoms with Gasteiger partial charge in [-0.2, -0.15) is 0 Å². The zero-order chi connectivity index (χ0) is 43.1. The number of aliphatic hydroxyl groups excluding tert-OH is 2. The smallest absolute Gasteiger partial charge is 0.306 e. The largest absolute Gasteiger partial charge is 0.458 e. The molecule has 3 unspecified atom stereocenters. The van der Waals surface area contributed by atoms with Crippen LogP contribution in [0.4, 0.5) is 0 Å². The standard InChI is InChI=1S/C53H87NO5/c1-4-7-10-13-16-19-22-24-25-26-27-29-30-32-35-38-41-44-49(59-53(58)46-43-40-37-34-31-28-23-20-17-14-11-8-5-2)47-52(57)54-50(48-55)51(56)45-42-39-36-33-21-18-15-12-9-6-3/h7-8,10-11,14,16-17,19-20,23-25,27,29,32,35,41,44,49-51,55-56H,4-6,9,12-13,15,18,21-22,26,28,30-31,33-34,36-40,42-43,45-48H2,1-3H3,(H,54,57)/b10-7-,11-8+,17-14+,19-16-,23-20-,25-24-,29-27-,35-32-,44-41-. The van der Waals surface area contributed by atoms with Gasteiger partial charge in [0.15, 0.2) is 0 Å². The first-order valence-corrected chi connectivity index (χ1v) is 23.7. The molecule has 59 heavy (non-hydrogen) atoms. The van der Waals surface area contributed by atoms with Crippen LogP contribution in [0.2, 0.25) is 0 Å². The van der Waals surface area contributed by atoms with Gasteiger partial charge in [-0.15, -0.1) is 0 Å². The minimum absolute atomic E-state index is 0.0625. The lowest BCUT2D eigenvalue weighted by atomic mass is 10.0. The zero-order valence-electron chi connectivity index (χ0n) is 37.8. The van der Waals surface area contributed by atoms with Crippen LogP contribution in [0.3, 0.4) is 0 Å². The highest BCUT2D eigenvalue weighted by molar-refractivity contribution is 5.78. The van der Waals surface area contributed by atoms with Crippen molar-refractivity contribution in [3.05, 3.63) is 109 Å². The Morgan fingerprint density at radius 2 is 1.02 bits per heavy atom. The molecule has 0 aromatic carbocycles. The molecule has 0 aliphatic heterocycles. The van der Waals surface area contributed by atoms with Gasteiger partial charge in [0, 0.05) is 6.42 Å². The fourth-order valence-electron chi connectivity index (χ4n) is 6.37. The SMILES string of the molecule is CC/C=C\C/C=C\C/C=C\C/C=C\C/C=C\C/C=C\C(CC(=O)NC(CO)C(O)CCCCCCCCCCCC)OC(=O)CCCCCCC\C=C/C=C/C=C/CC. The topological polar surface area (TPSA) is 95.9 Å². The van der Waals surface area contributed by atoms with Gasteiger partial charge < -0.3 is 20.3 Å². The van der Waals surface area contributed by atoms with Crippen LogP contribution in [-0.4, -0.2) is 46.9 Å². The molecule has 0 fully saturated rings. The van der Waals surface area contributed by atoms with Crippen molar-refractivity contribution in [3.8, 4) is 0 Å². The Morgan fingerprint density at radius 1 is 0.542 bits per heavy atom. The summed E-state index contributed by atoms with van der Waals surface area (Å²) in [6.45, 7) is 6.16. The minimum atomic E-state index is -0.828. The van der Waals surface area contributed by atoms with E-state index >= 15 is 0 Å². The van der Waals surface area contributed by atoms with Crippen LogP contribution < -0.4 is 5.32 Å². The van der Waals surface area contributed by atoms with E-state index in [1.54, 1.807) is 6.08 Å². The highest BCUT2D eigenvalue weighted by atomic mass is 16.5. The van der Waals surface area contributed by atoms with Crippen molar-refractivity contribution in [1.82, 2.24) is 5.32 Å². The van der Waals surface area contributed by atoms with Crippen molar-refractivity contribution in [2.75, 3.05) is 6.61 Å². The molecule has 334 valence electrons. The second kappa shape index (κ2) is 45.6. The van der Waals surface area contributed by atoms with Gasteiger partial charge in [0.05, 0.1) is 25.2 Å². The van der Waals surface area contributed by atoms with E-state index in [0.29, 0.717) is 19.3 Å². The molecule has 0 aromatic rings. The van der Waals surface area contributed by atoms with Crippen LogP contribution in [0.15, 0.2) is 109 Å². The molecule has 0 saturated carbocycles. The molecule has 0 radical (unpaired) electrons. The van der Waals surface area contributed by atoms with E-state index in [4.69, 9.17) is 4.74 Å². The van der Waals surface area contributed by atoms with Crippen molar-refractivity contribution in [3.63, 3.8) is 0 Å². The molecular weight excluding hydrogens is 731 g/mol. The lowest BCUT2D eigenvalue weighted by Crippen LogP contribution is -2.46. The third kappa shape index (κ3) is 41.1. The second-order valence-electron chi connectivity index (χ2n) is 15.5. The van der Waals surface area contributed by atoms with Crippen molar-refractivity contribution < 1.29 is 24.5 Å². The Labute approximate surface area is 362 Å². The summed E-state index contributed by atoms with van der Waals surface area (Å²) in [6, 6.07) is -0.752. The van der Waals surface area contributed by atoms with Gasteiger partial charge in [0.1, 0.15) is 6.10 Å². The van der Waals surface area contributed by atoms with Gasteiger partial charge in [-0.25, -0.2) is 0 Å². The first-order valence-electron chi connectivity index (χ1n) is 23.7. The average molecular weight is 818 g/mol. The predicted octanol–water partition coefficient (Wildman–Crippen LogP) is 13.9. The summed E-state index contributed by atoms with van der Waals surface area (Å²) in [5.41, 5.74) is 0. The van der Waals surface area contributed by atoms with Crippen LogP contribution >= 0.6 is 0 Å². The van der Waals surface area contributed by atoms with E-state index in [9.17, 15) is 19.8 Å². The number of hydrogen-bond acceptors (Lipinski definition) is 5. The molecule has 3 N–H and O–H groups in total. The Hall–Kier alpha value is -3.48. The van der Waals surface area contributed by atoms with Crippen molar-refractivity contribution in [2.24, 2.45) is 0 Å². The maximum absolute atomic E-state index is 13.1. The summed E-state index contributed by atoms with van der Waals surface area (Å²) in [5, 5.41) is 23.6. The first kappa shape index (κ1) is 55.5. The van der Waals surface area contributed by atoms with Gasteiger partial charge >= 0.3 is 5.97 Å². The van der Waals surface area contributed by atoms with E-state index in [2.05, 4.69) is 123 Å². The minimum Gasteiger partial charge on any atom is -0.458 e. The normalized spacial score (nSPS) is 14.3. The summed E-state index contributed by atoms with van der Waals surface area (Å²) in [7, 11) is 0. The predicted molar refractivity (Wildman–Crippen MR) is 254 cm³/mol. The molecule has 0 aromatic heterocycles. The molecule has 6 heteroatoms. The van der Waals surface area contributed by atoms with Crippen LogP contribution in [0.5, 0.6) is 0 Å². The molecule has 3 atom stereocenters. The lowest BCUT2D eigenvalue weighted by molar-refractivity contribution is -0.148. The fourth-order valence-corrected chi connectivity index (χ4v) is 6.37. The Balaban J connectivity index is 4.87. The molecule has 6 nitrogen and oxygen atoms in total. The van der Waals surface area contributed by atoms with Crippen molar-refractivity contribution >= 4 is 11.9 Å². The fraction of sp³-hybridized carbons (Fsp3) is 0.623. The number of allylic oxidation sites excluding steroid dienone is 17. The summed E-state index contributed by atoms with van der Waals surface area (Å²) < 4.78 is 5.79. The molecule has 0 aliphatic rings. The van der Waals surface area contributed by atoms with E-state index < -0.39 is 18.2 Å². The third-order valence-corrected chi connectivity index (χ3v) is 9.90. The van der Waals surface area contributed by atoms with Crippen molar-refractivity contribution in [1.29, 1.82) is 0 Å². The van der Waals surface area contributed by atoms with Gasteiger partial charge in [-0.3, -0.25) is 9.59 Å². The number of rotatable bonds is 40. The maximum Gasteiger partial charge on any atom is 0.306 e. The van der Waals surface area contributed by atoms with Crippen LogP contribution in [0.25, 0.3) is 0 Å². The number of esters is 1. The molecule has 0 heterocycles. The summed E-state index contributed by atoms with van der Waals surface area (Å²) in [6.07, 6.45) is 61.8. The van der Waals surface area contributed by atoms with E-state index in [-0.39, 0.29) is 24.9 Å². The summed E-state index contributed by atoms with van der Waals surface area (Å²) in [4.78, 5) is 26.0. The Morgan fingerprint density at radius 3 is 1.56 bits per heavy atom. The highest BCUT2D eigenvalue weighted by Crippen LogP contribution is 2.14. The second-order valence-corrected chi connectivity index (χ2v) is 15.5. The molecule has 0 bridgehead atoms. The van der Waals surface area contributed by atoms with Gasteiger partial charge in [-0.05, 0) is 76.7 Å². The van der Waals surface area contributed by atoms with Crippen LogP contribution in [0, 0.1) is 0 Å². The molecular formula is C53H87NO5. The number of amides is 1. The van der Waals surface area contributed by atoms with E-state index in [0.717, 1.165) is 96.3 Å². The van der Waals surface area contributed by atoms with E-state index in [1.807, 2.05) is 6.08 Å². The van der Waals surface area contributed by atoms with Gasteiger partial charge in [-0.1, -0.05) is 208 Å². The number of unbranched alkanes of at least 4 members (excludes halogenated alkanes) is 14. The molecule has 0 saturated heterocycles. The lowest BCUT2D eigenvalue weighted by Gasteiger charge is -2.23. The average Bonchev–Trinajstić information content (AvgIpc) is 3.23. The summed E-state index contributed by atoms with van der Waals surface area (Å²) >= 11 is 0. The quantitative estimate of drug-likeness (QED) is 0.0248. The zero-order valence-corrected chi connectivity index (χ0v) is 37.8. The number of carbonyl (C=O) groups excluding carboxylic acids is 2. The Bertz CT molecular complexity index is 1240. The monoisotopic (exact) mass is 818 g/mol. The highest BCUT2D eigenvalue weighted by Gasteiger charge is 2.23. The van der Waals surface area contributed by atoms with Gasteiger partial charge in [0.2, 0.25) is 5.91 Å². The third-order valence-electron chi connectivity index (χ3n) is 9.90. The van der Waals surface area contributed by atoms with Crippen molar-refractivity contribution in [2.45, 2.75) is 206 Å². The number of aliphatic hydroxyl groups is 2. The molecule has 0 rings (SSSR count). The van der Waals surface area contributed by atoms with Crippen LogP contribution in [-0.2, 0) is 14.3 Å². The number of carbonyl (C=O) groups is 2. The first-order chi connectivity index (χ1) is 29.0. The molecule has 0 aliphatic carbocycles. The number of ether oxygens (including phenoxy) is 1. The Kier molecular flexibility index (Phi) is 42.9. The summed E-state index contributed by atoms with van der Waals surface area (Å²) in [5.74, 6) is -0.667. The van der Waals surface area contributed by atoms with Gasteiger partial charge in [0.25, 0.3) is 0 Å². The number of hydrogen-bond donors (Lipinski definition) is 3. The van der Waals surface area contributed by atoms with E-state index in [1.165, 1.54) is 44.9 Å². The molecule has 0 spiro atoms. The molecule has 1 amide bonds.